The molecule has 1 aromatic rings. The number of benzene rings is 1. The first-order chi connectivity index (χ1) is 10.1. The molecule has 0 aromatic heterocycles. The molecule has 0 heterocycles. The van der Waals surface area contributed by atoms with Gasteiger partial charge in [0.2, 0.25) is 0 Å². The molecule has 0 radical (unpaired) electrons. The van der Waals surface area contributed by atoms with Crippen molar-refractivity contribution in [3.05, 3.63) is 17.7 Å². The van der Waals surface area contributed by atoms with Crippen molar-refractivity contribution in [3.63, 3.8) is 0 Å². The molecule has 21 heavy (non-hydrogen) atoms. The van der Waals surface area contributed by atoms with Gasteiger partial charge in [-0.15, -0.1) is 0 Å². The minimum Gasteiger partial charge on any atom is -0.493 e. The summed E-state index contributed by atoms with van der Waals surface area (Å²) in [5, 5.41) is 0. The van der Waals surface area contributed by atoms with E-state index >= 15 is 0 Å². The Morgan fingerprint density at radius 3 is 1.57 bits per heavy atom. The third-order valence-electron chi connectivity index (χ3n) is 3.05. The summed E-state index contributed by atoms with van der Waals surface area (Å²) in [6.45, 7) is 12.8. The quantitative estimate of drug-likeness (QED) is 0.595. The molecule has 0 aliphatic carbocycles. The SMILES string of the molecule is CCCOc1cc(OCCC)c(C(C)C)c(OCCC)c1. The van der Waals surface area contributed by atoms with Crippen LogP contribution in [0.1, 0.15) is 65.4 Å². The van der Waals surface area contributed by atoms with Crippen molar-refractivity contribution in [2.45, 2.75) is 59.8 Å². The van der Waals surface area contributed by atoms with E-state index in [1.54, 1.807) is 0 Å². The predicted octanol–water partition coefficient (Wildman–Crippen LogP) is 5.18. The smallest absolute Gasteiger partial charge is 0.130 e. The molecule has 1 rings (SSSR count). The van der Waals surface area contributed by atoms with Crippen molar-refractivity contribution in [2.75, 3.05) is 19.8 Å². The minimum atomic E-state index is 0.351. The number of hydrogen-bond donors (Lipinski definition) is 0. The van der Waals surface area contributed by atoms with Gasteiger partial charge in [-0.2, -0.15) is 0 Å². The van der Waals surface area contributed by atoms with Gasteiger partial charge in [0.05, 0.1) is 19.8 Å². The van der Waals surface area contributed by atoms with Crippen LogP contribution in [0.25, 0.3) is 0 Å². The molecule has 0 saturated heterocycles. The van der Waals surface area contributed by atoms with Crippen LogP contribution in [0.5, 0.6) is 17.2 Å². The standard InChI is InChI=1S/C18H30O3/c1-6-9-19-15-12-16(20-10-7-2)18(14(4)5)17(13-15)21-11-8-3/h12-14H,6-11H2,1-5H3. The molecule has 0 amide bonds. The van der Waals surface area contributed by atoms with E-state index in [0.29, 0.717) is 25.7 Å². The maximum atomic E-state index is 5.93. The van der Waals surface area contributed by atoms with Crippen molar-refractivity contribution in [2.24, 2.45) is 0 Å². The lowest BCUT2D eigenvalue weighted by atomic mass is 10.0. The molecule has 120 valence electrons. The molecule has 3 nitrogen and oxygen atoms in total. The highest BCUT2D eigenvalue weighted by molar-refractivity contribution is 5.52. The molecule has 0 unspecified atom stereocenters. The minimum absolute atomic E-state index is 0.351. The van der Waals surface area contributed by atoms with Crippen molar-refractivity contribution >= 4 is 0 Å². The van der Waals surface area contributed by atoms with Gasteiger partial charge in [0.25, 0.3) is 0 Å². The summed E-state index contributed by atoms with van der Waals surface area (Å²) < 4.78 is 17.6. The molecule has 0 N–H and O–H groups in total. The molecular formula is C18H30O3. The van der Waals surface area contributed by atoms with Gasteiger partial charge in [0.1, 0.15) is 17.2 Å². The Morgan fingerprint density at radius 1 is 0.762 bits per heavy atom. The Kier molecular flexibility index (Phi) is 8.03. The topological polar surface area (TPSA) is 27.7 Å². The van der Waals surface area contributed by atoms with Crippen LogP contribution in [-0.2, 0) is 0 Å². The maximum absolute atomic E-state index is 5.93. The largest absolute Gasteiger partial charge is 0.493 e. The van der Waals surface area contributed by atoms with E-state index in [1.165, 1.54) is 0 Å². The summed E-state index contributed by atoms with van der Waals surface area (Å²) in [5.74, 6) is 2.97. The van der Waals surface area contributed by atoms with Crippen molar-refractivity contribution in [1.29, 1.82) is 0 Å². The zero-order valence-electron chi connectivity index (χ0n) is 14.2. The highest BCUT2D eigenvalue weighted by Gasteiger charge is 2.17. The fraction of sp³-hybridized carbons (Fsp3) is 0.667. The molecule has 0 bridgehead atoms. The molecule has 3 heteroatoms. The average molecular weight is 294 g/mol. The Balaban J connectivity index is 3.14. The van der Waals surface area contributed by atoms with E-state index in [0.717, 1.165) is 42.1 Å². The summed E-state index contributed by atoms with van der Waals surface area (Å²) >= 11 is 0. The van der Waals surface area contributed by atoms with E-state index < -0.39 is 0 Å². The fourth-order valence-electron chi connectivity index (χ4n) is 2.11. The molecule has 0 spiro atoms. The van der Waals surface area contributed by atoms with Crippen LogP contribution in [0, 0.1) is 0 Å². The molecule has 0 aliphatic rings. The van der Waals surface area contributed by atoms with Crippen LogP contribution in [0.2, 0.25) is 0 Å². The van der Waals surface area contributed by atoms with E-state index in [1.807, 2.05) is 12.1 Å². The highest BCUT2D eigenvalue weighted by atomic mass is 16.5. The number of ether oxygens (including phenoxy) is 3. The lowest BCUT2D eigenvalue weighted by Gasteiger charge is -2.20. The van der Waals surface area contributed by atoms with Gasteiger partial charge in [0, 0.05) is 17.7 Å². The second-order valence-corrected chi connectivity index (χ2v) is 5.53. The van der Waals surface area contributed by atoms with Gasteiger partial charge in [-0.25, -0.2) is 0 Å². The summed E-state index contributed by atoms with van der Waals surface area (Å²) in [5.41, 5.74) is 1.14. The zero-order valence-corrected chi connectivity index (χ0v) is 14.2. The van der Waals surface area contributed by atoms with Gasteiger partial charge in [0.15, 0.2) is 0 Å². The first kappa shape index (κ1) is 17.7. The Labute approximate surface area is 129 Å². The van der Waals surface area contributed by atoms with Crippen molar-refractivity contribution in [3.8, 4) is 17.2 Å². The van der Waals surface area contributed by atoms with E-state index in [4.69, 9.17) is 14.2 Å². The van der Waals surface area contributed by atoms with Crippen molar-refractivity contribution < 1.29 is 14.2 Å². The highest BCUT2D eigenvalue weighted by Crippen LogP contribution is 2.39. The molecule has 0 atom stereocenters. The zero-order chi connectivity index (χ0) is 15.7. The van der Waals surface area contributed by atoms with E-state index in [2.05, 4.69) is 34.6 Å². The summed E-state index contributed by atoms with van der Waals surface area (Å²) in [6, 6.07) is 4.00. The Bertz CT molecular complexity index is 384. The molecule has 0 fully saturated rings. The van der Waals surface area contributed by atoms with Crippen LogP contribution in [0.15, 0.2) is 12.1 Å². The van der Waals surface area contributed by atoms with Crippen LogP contribution < -0.4 is 14.2 Å². The lowest BCUT2D eigenvalue weighted by Crippen LogP contribution is -2.06. The molecule has 0 aliphatic heterocycles. The second kappa shape index (κ2) is 9.54. The lowest BCUT2D eigenvalue weighted by molar-refractivity contribution is 0.280. The summed E-state index contributed by atoms with van der Waals surface area (Å²) in [6.07, 6.45) is 2.97. The molecular weight excluding hydrogens is 264 g/mol. The first-order valence-corrected chi connectivity index (χ1v) is 8.20. The number of hydrogen-bond acceptors (Lipinski definition) is 3. The third kappa shape index (κ3) is 5.49. The van der Waals surface area contributed by atoms with Gasteiger partial charge in [-0.1, -0.05) is 34.6 Å². The van der Waals surface area contributed by atoms with Crippen LogP contribution in [0.3, 0.4) is 0 Å². The Morgan fingerprint density at radius 2 is 1.19 bits per heavy atom. The molecule has 0 saturated carbocycles. The van der Waals surface area contributed by atoms with Gasteiger partial charge < -0.3 is 14.2 Å². The van der Waals surface area contributed by atoms with Crippen molar-refractivity contribution in [1.82, 2.24) is 0 Å². The van der Waals surface area contributed by atoms with Crippen LogP contribution in [-0.4, -0.2) is 19.8 Å². The van der Waals surface area contributed by atoms with E-state index in [-0.39, 0.29) is 0 Å². The third-order valence-corrected chi connectivity index (χ3v) is 3.05. The molecule has 1 aromatic carbocycles. The fourth-order valence-corrected chi connectivity index (χ4v) is 2.11. The normalized spacial score (nSPS) is 10.8. The summed E-state index contributed by atoms with van der Waals surface area (Å²) in [7, 11) is 0. The van der Waals surface area contributed by atoms with Gasteiger partial charge in [-0.05, 0) is 25.2 Å². The Hall–Kier alpha value is -1.38. The second-order valence-electron chi connectivity index (χ2n) is 5.53. The average Bonchev–Trinajstić information content (AvgIpc) is 2.47. The monoisotopic (exact) mass is 294 g/mol. The van der Waals surface area contributed by atoms with E-state index in [9.17, 15) is 0 Å². The van der Waals surface area contributed by atoms with Gasteiger partial charge in [-0.3, -0.25) is 0 Å². The van der Waals surface area contributed by atoms with Crippen LogP contribution >= 0.6 is 0 Å². The predicted molar refractivity (Wildman–Crippen MR) is 87.9 cm³/mol. The number of rotatable bonds is 10. The first-order valence-electron chi connectivity index (χ1n) is 8.20. The van der Waals surface area contributed by atoms with Gasteiger partial charge >= 0.3 is 0 Å². The van der Waals surface area contributed by atoms with Crippen LogP contribution in [0.4, 0.5) is 0 Å². The summed E-state index contributed by atoms with van der Waals surface area (Å²) in [4.78, 5) is 0. The maximum Gasteiger partial charge on any atom is 0.130 e.